The van der Waals surface area contributed by atoms with Gasteiger partial charge in [-0.3, -0.25) is 4.79 Å². The van der Waals surface area contributed by atoms with E-state index in [1.807, 2.05) is 6.92 Å². The molecule has 0 amide bonds. The molecule has 0 aromatic rings. The van der Waals surface area contributed by atoms with Gasteiger partial charge in [-0.05, 0) is 117 Å². The minimum Gasteiger partial charge on any atom is -0.432 e. The Bertz CT molecular complexity index is 2370. The first-order valence-electron chi connectivity index (χ1n) is 30.6. The largest absolute Gasteiger partial charge is 0.432 e. The Balaban J connectivity index is 0.833. The highest BCUT2D eigenvalue weighted by Crippen LogP contribution is 2.76. The second kappa shape index (κ2) is 24.4. The molecule has 85 heavy (non-hydrogen) atoms. The van der Waals surface area contributed by atoms with Crippen molar-refractivity contribution in [1.82, 2.24) is 0 Å². The molecule has 15 N–H and O–H groups in total. The highest BCUT2D eigenvalue weighted by atomic mass is 16.8. The fourth-order valence-corrected chi connectivity index (χ4v) is 17.5. The predicted molar refractivity (Wildman–Crippen MR) is 288 cm³/mol. The Labute approximate surface area is 494 Å². The monoisotopic (exact) mass is 1220 g/mol. The summed E-state index contributed by atoms with van der Waals surface area (Å²) >= 11 is 0. The second-order valence-corrected chi connectivity index (χ2v) is 28.5. The molecule has 0 spiro atoms. The molecule has 488 valence electrons. The van der Waals surface area contributed by atoms with Crippen molar-refractivity contribution < 1.29 is 129 Å². The molecule has 33 atom stereocenters. The fourth-order valence-electron chi connectivity index (χ4n) is 17.5. The van der Waals surface area contributed by atoms with Crippen LogP contribution in [0, 0.1) is 50.2 Å². The molecule has 9 fully saturated rings. The molecule has 1 unspecified atom stereocenters. The smallest absolute Gasteiger partial charge is 0.315 e. The van der Waals surface area contributed by atoms with Gasteiger partial charge in [0.1, 0.15) is 104 Å². The van der Waals surface area contributed by atoms with E-state index in [1.165, 1.54) is 19.4 Å². The van der Waals surface area contributed by atoms with E-state index in [9.17, 15) is 76.6 Å². The van der Waals surface area contributed by atoms with Gasteiger partial charge in [-0.25, -0.2) is 0 Å². The lowest BCUT2D eigenvalue weighted by Crippen LogP contribution is -2.67. The molecule has 26 heteroatoms. The Morgan fingerprint density at radius 3 is 1.76 bits per heavy atom. The molecule has 4 saturated carbocycles. The molecule has 5 aliphatic carbocycles. The average molecular weight is 1220 g/mol. The number of hydrogen-bond donors (Lipinski definition) is 15. The van der Waals surface area contributed by atoms with Crippen LogP contribution in [-0.4, -0.2) is 263 Å². The third-order valence-electron chi connectivity index (χ3n) is 23.2. The van der Waals surface area contributed by atoms with Crippen molar-refractivity contribution in [3.63, 3.8) is 0 Å². The van der Waals surface area contributed by atoms with Gasteiger partial charge in [-0.15, -0.1) is 0 Å². The van der Waals surface area contributed by atoms with Crippen LogP contribution in [0.4, 0.5) is 0 Å². The van der Waals surface area contributed by atoms with Gasteiger partial charge in [-0.2, -0.15) is 0 Å². The van der Waals surface area contributed by atoms with Gasteiger partial charge < -0.3 is 124 Å². The maximum Gasteiger partial charge on any atom is 0.315 e. The van der Waals surface area contributed by atoms with Crippen LogP contribution in [0.25, 0.3) is 0 Å². The van der Waals surface area contributed by atoms with Crippen LogP contribution in [0.1, 0.15) is 120 Å². The van der Waals surface area contributed by atoms with Crippen LogP contribution in [0.15, 0.2) is 11.6 Å². The summed E-state index contributed by atoms with van der Waals surface area (Å²) in [5, 5.41) is 163. The molecule has 5 aliphatic heterocycles. The van der Waals surface area contributed by atoms with Crippen molar-refractivity contribution in [3.8, 4) is 0 Å². The van der Waals surface area contributed by atoms with Gasteiger partial charge in [-0.1, -0.05) is 53.2 Å². The first kappa shape index (κ1) is 66.2. The van der Waals surface area contributed by atoms with Crippen LogP contribution in [-0.2, 0) is 52.2 Å². The summed E-state index contributed by atoms with van der Waals surface area (Å²) in [4.78, 5) is 15.2. The average Bonchev–Trinajstić information content (AvgIpc) is 0.688. The molecule has 10 rings (SSSR count). The summed E-state index contributed by atoms with van der Waals surface area (Å²) < 4.78 is 59.4. The van der Waals surface area contributed by atoms with Crippen LogP contribution >= 0.6 is 0 Å². The molecule has 10 aliphatic rings. The van der Waals surface area contributed by atoms with E-state index in [1.54, 1.807) is 0 Å². The zero-order chi connectivity index (χ0) is 62.0. The highest BCUT2D eigenvalue weighted by Gasteiger charge is 2.71. The van der Waals surface area contributed by atoms with Crippen molar-refractivity contribution in [3.05, 3.63) is 11.6 Å². The lowest BCUT2D eigenvalue weighted by molar-refractivity contribution is -0.365. The Morgan fingerprint density at radius 2 is 1.14 bits per heavy atom. The predicted octanol–water partition coefficient (Wildman–Crippen LogP) is -2.54. The number of rotatable bonds is 13. The summed E-state index contributed by atoms with van der Waals surface area (Å²) in [6, 6.07) is 0. The number of allylic oxidation sites excluding steroid dienone is 2. The van der Waals surface area contributed by atoms with Crippen molar-refractivity contribution in [2.45, 2.75) is 273 Å². The molecule has 0 radical (unpaired) electrons. The summed E-state index contributed by atoms with van der Waals surface area (Å²) in [5.41, 5.74) is -1.93. The number of hydrogen-bond acceptors (Lipinski definition) is 26. The Kier molecular flexibility index (Phi) is 19.0. The van der Waals surface area contributed by atoms with E-state index in [2.05, 4.69) is 40.7 Å². The van der Waals surface area contributed by atoms with E-state index < -0.39 is 189 Å². The number of fused-ring (bicyclic) bond motifs is 7. The van der Waals surface area contributed by atoms with E-state index >= 15 is 4.79 Å². The molecule has 0 aromatic carbocycles. The maximum absolute atomic E-state index is 15.2. The standard InChI is InChI=1S/C59H96O26/c1-24-34(63)38(67)42(71)49(78-24)83-46-29(20-60)80-48(45(74)41(46)70)77-22-30-37(66)40(69)44(73)51(81-30)85-53(75)59-17-15-54(3,4)19-27(59)26-9-10-32-55(5)13-12-33(56(6,23-61)31(55)11-14-58(32,8)57(26,7)16-18-59)82-52-47(36(65)28(62)21-76-52)84-50-43(72)39(68)35(64)25(2)79-50/h9,24-25,27-52,60-74H,10-23H2,1-8H3/t24-,25+,27+,28-,29+,30+,31?,32+,33-,34-,35+,36-,37+,38+,39-,40-,41+,42+,43+,44+,45+,46+,47+,48+,49-,50-,51-,52-,55-,56-,57+,58+,59-/m0/s1. The van der Waals surface area contributed by atoms with Crippen LogP contribution in [0.3, 0.4) is 0 Å². The Hall–Kier alpha value is -1.75. The number of ether oxygens (including phenoxy) is 10. The van der Waals surface area contributed by atoms with Gasteiger partial charge in [0.2, 0.25) is 6.29 Å². The first-order valence-corrected chi connectivity index (χ1v) is 30.6. The summed E-state index contributed by atoms with van der Waals surface area (Å²) in [5.74, 6) is -0.861. The van der Waals surface area contributed by atoms with Crippen LogP contribution in [0.2, 0.25) is 0 Å². The van der Waals surface area contributed by atoms with Crippen LogP contribution < -0.4 is 0 Å². The van der Waals surface area contributed by atoms with E-state index in [4.69, 9.17) is 47.4 Å². The first-order chi connectivity index (χ1) is 39.8. The molecular weight excluding hydrogens is 1120 g/mol. The molecule has 5 saturated heterocycles. The fraction of sp³-hybridized carbons (Fsp3) is 0.949. The minimum absolute atomic E-state index is 0.0670. The van der Waals surface area contributed by atoms with Gasteiger partial charge >= 0.3 is 5.97 Å². The number of carbonyl (C=O) groups excluding carboxylic acids is 1. The molecule has 0 bridgehead atoms. The van der Waals surface area contributed by atoms with E-state index in [-0.39, 0.29) is 47.2 Å². The third-order valence-corrected chi connectivity index (χ3v) is 23.2. The summed E-state index contributed by atoms with van der Waals surface area (Å²) in [6.45, 7) is 14.3. The van der Waals surface area contributed by atoms with E-state index in [0.29, 0.717) is 51.4 Å². The van der Waals surface area contributed by atoms with Gasteiger partial charge in [0.15, 0.2) is 25.2 Å². The molecule has 0 aromatic heterocycles. The van der Waals surface area contributed by atoms with Crippen molar-refractivity contribution in [1.29, 1.82) is 0 Å². The maximum atomic E-state index is 15.2. The van der Waals surface area contributed by atoms with Gasteiger partial charge in [0, 0.05) is 5.41 Å². The molecule has 26 nitrogen and oxygen atoms in total. The molecule has 5 heterocycles. The third kappa shape index (κ3) is 11.1. The SMILES string of the molecule is C[C@@H]1O[C@@H](O[C@H]2[C@H](O)[C@@H](O)[C@H](OC[C@H]3O[C@@H](OC(=O)[C@]45CCC(C)(C)C[C@@H]4C4=CC[C@@H]6[C@@]7(C)CC[C@H](O[C@@H]8OC[C@H](O)[C@H](O)[C@H]8O[C@@H]8O[C@H](C)[C@@H](O)[C@H](O)[C@H]8O)[C@@](C)(CO)C7CC[C@@]6(C)[C@]4(C)CC5)[C@H](O)[C@@H](O)[C@@H]3O)O[C@@H]2CO)[C@H](O)[C@H](O)[C@H]1O. The molecular formula is C59H96O26. The topological polar surface area (TPSA) is 413 Å². The number of aliphatic hydroxyl groups is 15. The van der Waals surface area contributed by atoms with Crippen molar-refractivity contribution in [2.24, 2.45) is 50.2 Å². The van der Waals surface area contributed by atoms with Crippen LogP contribution in [0.5, 0.6) is 0 Å². The van der Waals surface area contributed by atoms with E-state index in [0.717, 1.165) is 12.8 Å². The summed E-state index contributed by atoms with van der Waals surface area (Å²) in [6.07, 6.45) is -29.6. The number of esters is 1. The lowest BCUT2D eigenvalue weighted by atomic mass is 9.33. The quantitative estimate of drug-likeness (QED) is 0.0513. The highest BCUT2D eigenvalue weighted by molar-refractivity contribution is 5.79. The van der Waals surface area contributed by atoms with Gasteiger partial charge in [0.05, 0.1) is 50.2 Å². The Morgan fingerprint density at radius 1 is 0.565 bits per heavy atom. The van der Waals surface area contributed by atoms with Gasteiger partial charge in [0.25, 0.3) is 0 Å². The number of carbonyl (C=O) groups is 1. The zero-order valence-corrected chi connectivity index (χ0v) is 49.8. The second-order valence-electron chi connectivity index (χ2n) is 28.5. The van der Waals surface area contributed by atoms with Crippen molar-refractivity contribution in [2.75, 3.05) is 26.4 Å². The van der Waals surface area contributed by atoms with Crippen molar-refractivity contribution >= 4 is 5.97 Å². The summed E-state index contributed by atoms with van der Waals surface area (Å²) in [7, 11) is 0. The normalized spacial score (nSPS) is 55.3. The zero-order valence-electron chi connectivity index (χ0n) is 49.8. The minimum atomic E-state index is -1.90. The number of aliphatic hydroxyl groups excluding tert-OH is 15. The lowest BCUT2D eigenvalue weighted by Gasteiger charge is -2.71.